The van der Waals surface area contributed by atoms with Crippen molar-refractivity contribution in [3.05, 3.63) is 96.6 Å². The lowest BCUT2D eigenvalue weighted by atomic mass is 9.98. The van der Waals surface area contributed by atoms with Gasteiger partial charge in [0, 0.05) is 0 Å². The molecule has 0 bridgehead atoms. The fraction of sp³-hybridized carbons (Fsp3) is 0.0909. The van der Waals surface area contributed by atoms with Crippen molar-refractivity contribution < 1.29 is 9.59 Å². The molecule has 0 N–H and O–H groups in total. The molecule has 0 atom stereocenters. The lowest BCUT2D eigenvalue weighted by Crippen LogP contribution is -2.41. The molecular weight excluding hydrogens is 324 g/mol. The fourth-order valence-electron chi connectivity index (χ4n) is 3.25. The van der Waals surface area contributed by atoms with E-state index in [1.165, 1.54) is 10.0 Å². The van der Waals surface area contributed by atoms with E-state index in [1.807, 2.05) is 91.0 Å². The molecule has 1 heterocycles. The number of carbonyl (C=O) groups is 2. The smallest absolute Gasteiger partial charge is 0.259 e. The summed E-state index contributed by atoms with van der Waals surface area (Å²) in [5, 5.41) is 2.98. The Hall–Kier alpha value is -3.40. The molecule has 0 spiro atoms. The Balaban J connectivity index is 1.75. The van der Waals surface area contributed by atoms with Crippen LogP contribution in [0.5, 0.6) is 0 Å². The summed E-state index contributed by atoms with van der Waals surface area (Å²) in [4.78, 5) is 26.3. The van der Waals surface area contributed by atoms with E-state index < -0.39 is 5.92 Å². The first-order valence-electron chi connectivity index (χ1n) is 8.57. The first kappa shape index (κ1) is 16.1. The highest BCUT2D eigenvalue weighted by Gasteiger charge is 2.46. The standard InChI is InChI=1S/C22H18N2O2/c25-21-20(16-17-10-4-1-5-11-17)22(26)24(19-14-8-3-9-15-19)23(21)18-12-6-2-7-13-18/h1-15,20H,16H2. The van der Waals surface area contributed by atoms with E-state index in [4.69, 9.17) is 0 Å². The number of nitrogens with zero attached hydrogens (tertiary/aromatic N) is 2. The molecular formula is C22H18N2O2. The van der Waals surface area contributed by atoms with Crippen molar-refractivity contribution in [1.82, 2.24) is 0 Å². The van der Waals surface area contributed by atoms with Gasteiger partial charge in [0.15, 0.2) is 0 Å². The van der Waals surface area contributed by atoms with Gasteiger partial charge in [0.1, 0.15) is 5.92 Å². The number of para-hydroxylation sites is 2. The molecule has 1 aliphatic heterocycles. The van der Waals surface area contributed by atoms with Crippen LogP contribution in [0.25, 0.3) is 0 Å². The number of amides is 2. The molecule has 1 saturated heterocycles. The Labute approximate surface area is 152 Å². The van der Waals surface area contributed by atoms with Crippen LogP contribution in [0, 0.1) is 5.92 Å². The minimum atomic E-state index is -0.724. The normalized spacial score (nSPS) is 14.9. The Morgan fingerprint density at radius 2 is 0.962 bits per heavy atom. The summed E-state index contributed by atoms with van der Waals surface area (Å²) in [6.45, 7) is 0. The van der Waals surface area contributed by atoms with E-state index in [1.54, 1.807) is 0 Å². The summed E-state index contributed by atoms with van der Waals surface area (Å²) in [7, 11) is 0. The molecule has 26 heavy (non-hydrogen) atoms. The van der Waals surface area contributed by atoms with E-state index in [2.05, 4.69) is 0 Å². The first-order valence-corrected chi connectivity index (χ1v) is 8.57. The number of rotatable bonds is 4. The summed E-state index contributed by atoms with van der Waals surface area (Å²) in [5.41, 5.74) is 2.35. The predicted molar refractivity (Wildman–Crippen MR) is 101 cm³/mol. The average molecular weight is 342 g/mol. The summed E-state index contributed by atoms with van der Waals surface area (Å²) in [6.07, 6.45) is 0.394. The average Bonchev–Trinajstić information content (AvgIpc) is 2.95. The van der Waals surface area contributed by atoms with Crippen molar-refractivity contribution in [2.24, 2.45) is 5.92 Å². The maximum atomic E-state index is 13.2. The number of anilines is 2. The molecule has 1 aliphatic rings. The fourth-order valence-corrected chi connectivity index (χ4v) is 3.25. The molecule has 0 radical (unpaired) electrons. The monoisotopic (exact) mass is 342 g/mol. The lowest BCUT2D eigenvalue weighted by Gasteiger charge is -2.27. The van der Waals surface area contributed by atoms with Crippen molar-refractivity contribution in [2.45, 2.75) is 6.42 Å². The van der Waals surface area contributed by atoms with Crippen molar-refractivity contribution in [1.29, 1.82) is 0 Å². The number of hydrogen-bond acceptors (Lipinski definition) is 2. The zero-order valence-electron chi connectivity index (χ0n) is 14.2. The van der Waals surface area contributed by atoms with Crippen molar-refractivity contribution in [3.63, 3.8) is 0 Å². The van der Waals surface area contributed by atoms with E-state index in [-0.39, 0.29) is 11.8 Å². The minimum absolute atomic E-state index is 0.200. The molecule has 1 fully saturated rings. The molecule has 2 amide bonds. The van der Waals surface area contributed by atoms with Gasteiger partial charge in [-0.3, -0.25) is 9.59 Å². The summed E-state index contributed by atoms with van der Waals surface area (Å²) >= 11 is 0. The van der Waals surface area contributed by atoms with E-state index in [0.29, 0.717) is 17.8 Å². The number of benzene rings is 3. The van der Waals surface area contributed by atoms with E-state index in [0.717, 1.165) is 5.56 Å². The van der Waals surface area contributed by atoms with Crippen LogP contribution in [0.2, 0.25) is 0 Å². The molecule has 3 aromatic carbocycles. The Kier molecular flexibility index (Phi) is 4.23. The third kappa shape index (κ3) is 2.86. The second-order valence-electron chi connectivity index (χ2n) is 6.21. The van der Waals surface area contributed by atoms with Gasteiger partial charge in [0.05, 0.1) is 11.4 Å². The molecule has 128 valence electrons. The maximum absolute atomic E-state index is 13.2. The second kappa shape index (κ2) is 6.84. The highest BCUT2D eigenvalue weighted by Crippen LogP contribution is 2.33. The SMILES string of the molecule is O=C1C(Cc2ccccc2)C(=O)N(c2ccccc2)N1c1ccccc1. The van der Waals surface area contributed by atoms with Crippen LogP contribution in [-0.4, -0.2) is 11.8 Å². The molecule has 0 unspecified atom stereocenters. The quantitative estimate of drug-likeness (QED) is 0.676. The van der Waals surface area contributed by atoms with Crippen LogP contribution >= 0.6 is 0 Å². The van der Waals surface area contributed by atoms with Gasteiger partial charge >= 0.3 is 0 Å². The number of carbonyl (C=O) groups excluding carboxylic acids is 2. The van der Waals surface area contributed by atoms with Crippen molar-refractivity contribution in [3.8, 4) is 0 Å². The second-order valence-corrected chi connectivity index (χ2v) is 6.21. The van der Waals surface area contributed by atoms with Gasteiger partial charge in [-0.25, -0.2) is 10.0 Å². The van der Waals surface area contributed by atoms with Gasteiger partial charge in [-0.2, -0.15) is 0 Å². The van der Waals surface area contributed by atoms with Crippen LogP contribution < -0.4 is 10.0 Å². The number of hydrazine groups is 1. The van der Waals surface area contributed by atoms with Gasteiger partial charge in [0.2, 0.25) is 0 Å². The minimum Gasteiger partial charge on any atom is -0.272 e. The third-order valence-corrected chi connectivity index (χ3v) is 4.50. The van der Waals surface area contributed by atoms with E-state index in [9.17, 15) is 9.59 Å². The zero-order valence-corrected chi connectivity index (χ0v) is 14.2. The van der Waals surface area contributed by atoms with Gasteiger partial charge in [-0.15, -0.1) is 0 Å². The molecule has 4 rings (SSSR count). The van der Waals surface area contributed by atoms with Crippen molar-refractivity contribution in [2.75, 3.05) is 10.0 Å². The molecule has 0 aliphatic carbocycles. The highest BCUT2D eigenvalue weighted by molar-refractivity contribution is 6.23. The largest absolute Gasteiger partial charge is 0.272 e. The van der Waals surface area contributed by atoms with Gasteiger partial charge < -0.3 is 0 Å². The summed E-state index contributed by atoms with van der Waals surface area (Å²) in [5.74, 6) is -1.12. The summed E-state index contributed by atoms with van der Waals surface area (Å²) in [6, 6.07) is 28.2. The van der Waals surface area contributed by atoms with Gasteiger partial charge in [-0.1, -0.05) is 66.7 Å². The Morgan fingerprint density at radius 1 is 0.577 bits per heavy atom. The van der Waals surface area contributed by atoms with Crippen LogP contribution in [0.1, 0.15) is 5.56 Å². The Bertz CT molecular complexity index is 853. The molecule has 0 aromatic heterocycles. The van der Waals surface area contributed by atoms with Crippen LogP contribution in [0.3, 0.4) is 0 Å². The van der Waals surface area contributed by atoms with Gasteiger partial charge in [0.25, 0.3) is 11.8 Å². The predicted octanol–water partition coefficient (Wildman–Crippen LogP) is 3.84. The van der Waals surface area contributed by atoms with Gasteiger partial charge in [-0.05, 0) is 36.2 Å². The Morgan fingerprint density at radius 3 is 1.38 bits per heavy atom. The topological polar surface area (TPSA) is 40.6 Å². The third-order valence-electron chi connectivity index (χ3n) is 4.50. The zero-order chi connectivity index (χ0) is 17.9. The maximum Gasteiger partial charge on any atom is 0.259 e. The molecule has 4 heteroatoms. The van der Waals surface area contributed by atoms with Crippen LogP contribution in [0.15, 0.2) is 91.0 Å². The first-order chi connectivity index (χ1) is 12.8. The molecule has 4 nitrogen and oxygen atoms in total. The van der Waals surface area contributed by atoms with E-state index >= 15 is 0 Å². The highest BCUT2D eigenvalue weighted by atomic mass is 16.2. The molecule has 0 saturated carbocycles. The van der Waals surface area contributed by atoms with Crippen molar-refractivity contribution >= 4 is 23.2 Å². The summed E-state index contributed by atoms with van der Waals surface area (Å²) < 4.78 is 0. The van der Waals surface area contributed by atoms with Crippen LogP contribution in [-0.2, 0) is 16.0 Å². The number of hydrogen-bond donors (Lipinski definition) is 0. The molecule has 3 aromatic rings. The lowest BCUT2D eigenvalue weighted by molar-refractivity contribution is -0.126. The van der Waals surface area contributed by atoms with Crippen LogP contribution in [0.4, 0.5) is 11.4 Å².